The normalized spacial score (nSPS) is 15.1. The monoisotopic (exact) mass is 310 g/mol. The minimum Gasteiger partial charge on any atom is -0.339 e. The van der Waals surface area contributed by atoms with Gasteiger partial charge in [-0.1, -0.05) is 31.0 Å². The first-order valence-electron chi connectivity index (χ1n) is 8.16. The molecule has 0 aliphatic carbocycles. The highest BCUT2D eigenvalue weighted by atomic mass is 16.2. The number of hydrogen-bond donors (Lipinski definition) is 0. The van der Waals surface area contributed by atoms with Gasteiger partial charge in [-0.2, -0.15) is 0 Å². The summed E-state index contributed by atoms with van der Waals surface area (Å²) < 4.78 is 0. The van der Waals surface area contributed by atoms with Crippen molar-refractivity contribution in [2.24, 2.45) is 0 Å². The van der Waals surface area contributed by atoms with Crippen LogP contribution in [0.5, 0.6) is 0 Å². The lowest BCUT2D eigenvalue weighted by atomic mass is 10.2. The maximum atomic E-state index is 12.5. The number of nitrogens with zero attached hydrogens (tertiary/aromatic N) is 4. The number of hydrogen-bond acceptors (Lipinski definition) is 4. The molecule has 5 nitrogen and oxygen atoms in total. The van der Waals surface area contributed by atoms with E-state index in [1.54, 1.807) is 12.4 Å². The number of carbonyl (C=O) groups excluding carboxylic acids is 1. The molecule has 2 aromatic rings. The van der Waals surface area contributed by atoms with Gasteiger partial charge >= 0.3 is 0 Å². The van der Waals surface area contributed by atoms with E-state index in [0.717, 1.165) is 31.6 Å². The Hall–Kier alpha value is -2.43. The third-order valence-corrected chi connectivity index (χ3v) is 4.22. The SMILES string of the molecule is CN(c1ccccc1)c1ncc(C(=O)N2CCCCCC2)cn1. The van der Waals surface area contributed by atoms with Crippen LogP contribution in [0.2, 0.25) is 0 Å². The lowest BCUT2D eigenvalue weighted by Gasteiger charge is -2.21. The number of amides is 1. The van der Waals surface area contributed by atoms with Crippen LogP contribution < -0.4 is 4.90 Å². The smallest absolute Gasteiger partial charge is 0.256 e. The van der Waals surface area contributed by atoms with Crippen LogP contribution in [0.25, 0.3) is 0 Å². The standard InChI is InChI=1S/C18H22N4O/c1-21(16-9-5-4-6-10-16)18-19-13-15(14-20-18)17(23)22-11-7-2-3-8-12-22/h4-6,9-10,13-14H,2-3,7-8,11-12H2,1H3. The first kappa shape index (κ1) is 15.5. The fourth-order valence-corrected chi connectivity index (χ4v) is 2.83. The van der Waals surface area contributed by atoms with Gasteiger partial charge in [0, 0.05) is 38.2 Å². The lowest BCUT2D eigenvalue weighted by molar-refractivity contribution is 0.0761. The number of rotatable bonds is 3. The molecule has 1 saturated heterocycles. The summed E-state index contributed by atoms with van der Waals surface area (Å²) in [6, 6.07) is 9.92. The molecule has 3 rings (SSSR count). The van der Waals surface area contributed by atoms with Gasteiger partial charge in [0.15, 0.2) is 0 Å². The van der Waals surface area contributed by atoms with E-state index < -0.39 is 0 Å². The zero-order valence-electron chi connectivity index (χ0n) is 13.5. The lowest BCUT2D eigenvalue weighted by Crippen LogP contribution is -2.32. The molecule has 0 unspecified atom stereocenters. The second kappa shape index (κ2) is 7.22. The van der Waals surface area contributed by atoms with Crippen molar-refractivity contribution in [1.82, 2.24) is 14.9 Å². The van der Waals surface area contributed by atoms with Crippen LogP contribution in [0.1, 0.15) is 36.0 Å². The van der Waals surface area contributed by atoms with E-state index in [9.17, 15) is 4.79 Å². The molecule has 0 radical (unpaired) electrons. The highest BCUT2D eigenvalue weighted by molar-refractivity contribution is 5.93. The topological polar surface area (TPSA) is 49.3 Å². The minimum atomic E-state index is 0.0424. The Morgan fingerprint density at radius 3 is 2.22 bits per heavy atom. The molecule has 5 heteroatoms. The molecule has 0 N–H and O–H groups in total. The van der Waals surface area contributed by atoms with E-state index in [-0.39, 0.29) is 5.91 Å². The summed E-state index contributed by atoms with van der Waals surface area (Å²) in [6.07, 6.45) is 7.86. The number of aromatic nitrogens is 2. The first-order chi connectivity index (χ1) is 11.3. The molecule has 1 fully saturated rings. The van der Waals surface area contributed by atoms with Crippen molar-refractivity contribution in [1.29, 1.82) is 0 Å². The van der Waals surface area contributed by atoms with Crippen LogP contribution in [0, 0.1) is 0 Å². The van der Waals surface area contributed by atoms with E-state index in [1.165, 1.54) is 12.8 Å². The van der Waals surface area contributed by atoms with Crippen molar-refractivity contribution < 1.29 is 4.79 Å². The van der Waals surface area contributed by atoms with Crippen molar-refractivity contribution in [3.05, 3.63) is 48.3 Å². The number of anilines is 2. The summed E-state index contributed by atoms with van der Waals surface area (Å²) >= 11 is 0. The van der Waals surface area contributed by atoms with Crippen LogP contribution in [0.15, 0.2) is 42.7 Å². The molecule has 1 aliphatic rings. The largest absolute Gasteiger partial charge is 0.339 e. The Balaban J connectivity index is 1.72. The van der Waals surface area contributed by atoms with Gasteiger partial charge < -0.3 is 9.80 Å². The van der Waals surface area contributed by atoms with Gasteiger partial charge in [-0.3, -0.25) is 4.79 Å². The van der Waals surface area contributed by atoms with Gasteiger partial charge in [-0.15, -0.1) is 0 Å². The molecule has 23 heavy (non-hydrogen) atoms. The van der Waals surface area contributed by atoms with Crippen LogP contribution >= 0.6 is 0 Å². The van der Waals surface area contributed by atoms with E-state index in [1.807, 2.05) is 47.2 Å². The molecular weight excluding hydrogens is 288 g/mol. The van der Waals surface area contributed by atoms with Gasteiger partial charge in [0.05, 0.1) is 5.56 Å². The first-order valence-corrected chi connectivity index (χ1v) is 8.16. The van der Waals surface area contributed by atoms with E-state index >= 15 is 0 Å². The number of carbonyl (C=O) groups is 1. The van der Waals surface area contributed by atoms with Crippen LogP contribution in [-0.4, -0.2) is 40.9 Å². The highest BCUT2D eigenvalue weighted by Gasteiger charge is 2.18. The van der Waals surface area contributed by atoms with Crippen molar-refractivity contribution in [3.8, 4) is 0 Å². The van der Waals surface area contributed by atoms with Crippen LogP contribution in [-0.2, 0) is 0 Å². The van der Waals surface area contributed by atoms with E-state index in [0.29, 0.717) is 11.5 Å². The summed E-state index contributed by atoms with van der Waals surface area (Å²) in [7, 11) is 1.92. The second-order valence-corrected chi connectivity index (χ2v) is 5.87. The molecule has 1 aliphatic heterocycles. The molecule has 120 valence electrons. The third-order valence-electron chi connectivity index (χ3n) is 4.22. The Labute approximate surface area is 137 Å². The second-order valence-electron chi connectivity index (χ2n) is 5.87. The van der Waals surface area contributed by atoms with Crippen LogP contribution in [0.4, 0.5) is 11.6 Å². The predicted molar refractivity (Wildman–Crippen MR) is 90.9 cm³/mol. The van der Waals surface area contributed by atoms with Crippen molar-refractivity contribution in [2.45, 2.75) is 25.7 Å². The molecule has 1 aromatic carbocycles. The molecule has 2 heterocycles. The summed E-state index contributed by atoms with van der Waals surface area (Å²) in [4.78, 5) is 25.1. The molecule has 0 bridgehead atoms. The quantitative estimate of drug-likeness (QED) is 0.873. The highest BCUT2D eigenvalue weighted by Crippen LogP contribution is 2.19. The van der Waals surface area contributed by atoms with E-state index in [4.69, 9.17) is 0 Å². The number of benzene rings is 1. The molecular formula is C18H22N4O. The maximum absolute atomic E-state index is 12.5. The minimum absolute atomic E-state index is 0.0424. The Bertz CT molecular complexity index is 634. The van der Waals surface area contributed by atoms with E-state index in [2.05, 4.69) is 9.97 Å². The average Bonchev–Trinajstić information content (AvgIpc) is 2.91. The van der Waals surface area contributed by atoms with Gasteiger partial charge in [0.1, 0.15) is 0 Å². The maximum Gasteiger partial charge on any atom is 0.256 e. The van der Waals surface area contributed by atoms with Crippen molar-refractivity contribution >= 4 is 17.5 Å². The zero-order chi connectivity index (χ0) is 16.1. The molecule has 0 spiro atoms. The molecule has 0 atom stereocenters. The summed E-state index contributed by atoms with van der Waals surface area (Å²) in [6.45, 7) is 1.68. The molecule has 1 amide bonds. The van der Waals surface area contributed by atoms with Gasteiger partial charge in [-0.25, -0.2) is 9.97 Å². The number of para-hydroxylation sites is 1. The average molecular weight is 310 g/mol. The summed E-state index contributed by atoms with van der Waals surface area (Å²) in [5.74, 6) is 0.629. The van der Waals surface area contributed by atoms with Crippen molar-refractivity contribution in [3.63, 3.8) is 0 Å². The predicted octanol–water partition coefficient (Wildman–Crippen LogP) is 3.26. The van der Waals surface area contributed by atoms with Gasteiger partial charge in [-0.05, 0) is 25.0 Å². The Kier molecular flexibility index (Phi) is 4.86. The summed E-state index contributed by atoms with van der Waals surface area (Å²) in [5.41, 5.74) is 1.58. The fraction of sp³-hybridized carbons (Fsp3) is 0.389. The third kappa shape index (κ3) is 3.67. The molecule has 0 saturated carbocycles. The van der Waals surface area contributed by atoms with Crippen LogP contribution in [0.3, 0.4) is 0 Å². The Morgan fingerprint density at radius 1 is 1.00 bits per heavy atom. The fourth-order valence-electron chi connectivity index (χ4n) is 2.83. The van der Waals surface area contributed by atoms with Gasteiger partial charge in [0.2, 0.25) is 5.95 Å². The molecule has 1 aromatic heterocycles. The summed E-state index contributed by atoms with van der Waals surface area (Å²) in [5, 5.41) is 0. The number of likely N-dealkylation sites (tertiary alicyclic amines) is 1. The van der Waals surface area contributed by atoms with Crippen molar-refractivity contribution in [2.75, 3.05) is 25.0 Å². The zero-order valence-corrected chi connectivity index (χ0v) is 13.5. The Morgan fingerprint density at radius 2 is 1.61 bits per heavy atom. The van der Waals surface area contributed by atoms with Gasteiger partial charge in [0.25, 0.3) is 5.91 Å².